The maximum atomic E-state index is 12.1. The lowest BCUT2D eigenvalue weighted by Gasteiger charge is -2.10. The van der Waals surface area contributed by atoms with Crippen LogP contribution >= 0.6 is 12.2 Å². The van der Waals surface area contributed by atoms with Gasteiger partial charge in [0.15, 0.2) is 5.11 Å². The number of para-hydroxylation sites is 1. The van der Waals surface area contributed by atoms with Gasteiger partial charge in [0.05, 0.1) is 0 Å². The molecule has 0 aromatic heterocycles. The van der Waals surface area contributed by atoms with Crippen molar-refractivity contribution in [2.75, 3.05) is 5.32 Å². The Kier molecular flexibility index (Phi) is 5.06. The molecule has 0 atom stereocenters. The Balaban J connectivity index is 1.96. The van der Waals surface area contributed by atoms with Gasteiger partial charge in [-0.05, 0) is 48.0 Å². The molecule has 2 aromatic rings. The van der Waals surface area contributed by atoms with Gasteiger partial charge in [0.2, 0.25) is 0 Å². The van der Waals surface area contributed by atoms with Crippen molar-refractivity contribution in [1.82, 2.24) is 5.32 Å². The van der Waals surface area contributed by atoms with Gasteiger partial charge < -0.3 is 5.32 Å². The predicted molar refractivity (Wildman–Crippen MR) is 90.7 cm³/mol. The molecule has 3 nitrogen and oxygen atoms in total. The lowest BCUT2D eigenvalue weighted by molar-refractivity contribution is 0.0977. The van der Waals surface area contributed by atoms with E-state index in [0.717, 1.165) is 5.69 Å². The molecular weight excluding hydrogens is 280 g/mol. The molecule has 0 aliphatic carbocycles. The van der Waals surface area contributed by atoms with Crippen molar-refractivity contribution >= 4 is 28.9 Å². The summed E-state index contributed by atoms with van der Waals surface area (Å²) in [7, 11) is 0. The maximum absolute atomic E-state index is 12.1. The minimum atomic E-state index is -0.210. The zero-order valence-corrected chi connectivity index (χ0v) is 12.9. The first-order valence-electron chi connectivity index (χ1n) is 6.83. The molecule has 0 fully saturated rings. The molecule has 0 heterocycles. The minimum Gasteiger partial charge on any atom is -0.332 e. The molecule has 0 radical (unpaired) electrons. The molecule has 0 aliphatic heterocycles. The van der Waals surface area contributed by atoms with E-state index >= 15 is 0 Å². The Labute approximate surface area is 130 Å². The molecular formula is C17H18N2OS. The molecule has 2 N–H and O–H groups in total. The normalized spacial score (nSPS) is 10.2. The molecule has 0 aliphatic rings. The van der Waals surface area contributed by atoms with Gasteiger partial charge >= 0.3 is 0 Å². The number of hydrogen-bond acceptors (Lipinski definition) is 2. The van der Waals surface area contributed by atoms with E-state index < -0.39 is 0 Å². The third-order valence-electron chi connectivity index (χ3n) is 3.10. The number of anilines is 1. The molecule has 0 bridgehead atoms. The van der Waals surface area contributed by atoms with E-state index in [2.05, 4.69) is 24.5 Å². The first kappa shape index (κ1) is 15.2. The summed E-state index contributed by atoms with van der Waals surface area (Å²) in [5, 5.41) is 5.94. The summed E-state index contributed by atoms with van der Waals surface area (Å²) < 4.78 is 0. The average Bonchev–Trinajstić information content (AvgIpc) is 2.48. The van der Waals surface area contributed by atoms with E-state index in [1.54, 1.807) is 0 Å². The average molecular weight is 298 g/mol. The quantitative estimate of drug-likeness (QED) is 0.843. The summed E-state index contributed by atoms with van der Waals surface area (Å²) >= 11 is 5.14. The first-order chi connectivity index (χ1) is 10.1. The highest BCUT2D eigenvalue weighted by atomic mass is 32.1. The lowest BCUT2D eigenvalue weighted by Crippen LogP contribution is -2.34. The molecule has 2 aromatic carbocycles. The number of carbonyl (C=O) groups excluding carboxylic acids is 1. The van der Waals surface area contributed by atoms with Gasteiger partial charge in [0.25, 0.3) is 5.91 Å². The van der Waals surface area contributed by atoms with Gasteiger partial charge in [0, 0.05) is 11.3 Å². The van der Waals surface area contributed by atoms with Gasteiger partial charge in [0.1, 0.15) is 0 Å². The molecule has 0 saturated carbocycles. The minimum absolute atomic E-state index is 0.210. The zero-order chi connectivity index (χ0) is 15.2. The molecule has 0 spiro atoms. The zero-order valence-electron chi connectivity index (χ0n) is 12.1. The van der Waals surface area contributed by atoms with E-state index in [9.17, 15) is 4.79 Å². The van der Waals surface area contributed by atoms with Crippen LogP contribution < -0.4 is 10.6 Å². The van der Waals surface area contributed by atoms with Gasteiger partial charge in [-0.15, -0.1) is 0 Å². The summed E-state index contributed by atoms with van der Waals surface area (Å²) in [6, 6.07) is 17.1. The Bertz CT molecular complexity index is 621. The topological polar surface area (TPSA) is 41.1 Å². The molecule has 0 saturated heterocycles. The molecule has 1 amide bonds. The molecule has 108 valence electrons. The van der Waals surface area contributed by atoms with Crippen LogP contribution in [0.5, 0.6) is 0 Å². The van der Waals surface area contributed by atoms with Crippen LogP contribution in [-0.4, -0.2) is 11.0 Å². The number of thiocarbonyl (C=S) groups is 1. The SMILES string of the molecule is CC(C)c1ccc(C(=O)NC(=S)Nc2ccccc2)cc1. The van der Waals surface area contributed by atoms with Gasteiger partial charge in [-0.2, -0.15) is 0 Å². The number of benzene rings is 2. The van der Waals surface area contributed by atoms with Crippen LogP contribution in [0.3, 0.4) is 0 Å². The second-order valence-corrected chi connectivity index (χ2v) is 5.46. The third kappa shape index (κ3) is 4.39. The van der Waals surface area contributed by atoms with E-state index in [-0.39, 0.29) is 5.91 Å². The largest absolute Gasteiger partial charge is 0.332 e. The maximum Gasteiger partial charge on any atom is 0.257 e. The number of amides is 1. The van der Waals surface area contributed by atoms with Crippen LogP contribution in [0, 0.1) is 0 Å². The number of carbonyl (C=O) groups is 1. The summed E-state index contributed by atoms with van der Waals surface area (Å²) in [5.74, 6) is 0.238. The van der Waals surface area contributed by atoms with Crippen molar-refractivity contribution in [3.05, 3.63) is 65.7 Å². The highest BCUT2D eigenvalue weighted by Gasteiger charge is 2.08. The monoisotopic (exact) mass is 298 g/mol. The van der Waals surface area contributed by atoms with E-state index in [1.165, 1.54) is 5.56 Å². The smallest absolute Gasteiger partial charge is 0.257 e. The summed E-state index contributed by atoms with van der Waals surface area (Å²) in [4.78, 5) is 12.1. The number of hydrogen-bond donors (Lipinski definition) is 2. The molecule has 4 heteroatoms. The lowest BCUT2D eigenvalue weighted by atomic mass is 10.0. The third-order valence-corrected chi connectivity index (χ3v) is 3.30. The highest BCUT2D eigenvalue weighted by Crippen LogP contribution is 2.14. The molecule has 0 unspecified atom stereocenters. The molecule has 2 rings (SSSR count). The van der Waals surface area contributed by atoms with E-state index in [4.69, 9.17) is 12.2 Å². The first-order valence-corrected chi connectivity index (χ1v) is 7.24. The van der Waals surface area contributed by atoms with Crippen molar-refractivity contribution in [1.29, 1.82) is 0 Å². The van der Waals surface area contributed by atoms with Crippen molar-refractivity contribution in [3.63, 3.8) is 0 Å². The van der Waals surface area contributed by atoms with Crippen LogP contribution in [0.25, 0.3) is 0 Å². The van der Waals surface area contributed by atoms with Crippen LogP contribution in [0.4, 0.5) is 5.69 Å². The van der Waals surface area contributed by atoms with Crippen LogP contribution in [0.1, 0.15) is 35.7 Å². The second-order valence-electron chi connectivity index (χ2n) is 5.05. The standard InChI is InChI=1S/C17H18N2OS/c1-12(2)13-8-10-14(11-9-13)16(20)19-17(21)18-15-6-4-3-5-7-15/h3-12H,1-2H3,(H2,18,19,20,21). The highest BCUT2D eigenvalue weighted by molar-refractivity contribution is 7.80. The van der Waals surface area contributed by atoms with Gasteiger partial charge in [-0.3, -0.25) is 10.1 Å². The molecule has 21 heavy (non-hydrogen) atoms. The Morgan fingerprint density at radius 1 is 1.00 bits per heavy atom. The predicted octanol–water partition coefficient (Wildman–Crippen LogP) is 3.94. The Morgan fingerprint density at radius 2 is 1.62 bits per heavy atom. The van der Waals surface area contributed by atoms with Crippen LogP contribution in [-0.2, 0) is 0 Å². The number of rotatable bonds is 3. The van der Waals surface area contributed by atoms with Gasteiger partial charge in [-0.25, -0.2) is 0 Å². The van der Waals surface area contributed by atoms with Crippen LogP contribution in [0.15, 0.2) is 54.6 Å². The van der Waals surface area contributed by atoms with E-state index in [0.29, 0.717) is 16.6 Å². The van der Waals surface area contributed by atoms with Crippen molar-refractivity contribution in [2.24, 2.45) is 0 Å². The Morgan fingerprint density at radius 3 is 2.19 bits per heavy atom. The van der Waals surface area contributed by atoms with Gasteiger partial charge in [-0.1, -0.05) is 44.2 Å². The summed E-state index contributed by atoms with van der Waals surface area (Å²) in [6.07, 6.45) is 0. The van der Waals surface area contributed by atoms with Crippen LogP contribution in [0.2, 0.25) is 0 Å². The summed E-state index contributed by atoms with van der Waals surface area (Å²) in [5.41, 5.74) is 2.64. The van der Waals surface area contributed by atoms with E-state index in [1.807, 2.05) is 54.6 Å². The van der Waals surface area contributed by atoms with Crippen molar-refractivity contribution < 1.29 is 4.79 Å². The summed E-state index contributed by atoms with van der Waals surface area (Å²) in [6.45, 7) is 4.24. The fraction of sp³-hybridized carbons (Fsp3) is 0.176. The Hall–Kier alpha value is -2.20. The second kappa shape index (κ2) is 6.99. The van der Waals surface area contributed by atoms with Crippen molar-refractivity contribution in [3.8, 4) is 0 Å². The fourth-order valence-electron chi connectivity index (χ4n) is 1.88. The number of nitrogens with one attached hydrogen (secondary N) is 2. The fourth-order valence-corrected chi connectivity index (χ4v) is 2.09. The van der Waals surface area contributed by atoms with Crippen molar-refractivity contribution in [2.45, 2.75) is 19.8 Å².